The van der Waals surface area contributed by atoms with Gasteiger partial charge in [0.2, 0.25) is 0 Å². The van der Waals surface area contributed by atoms with Crippen LogP contribution in [0.3, 0.4) is 0 Å². The lowest BCUT2D eigenvalue weighted by Crippen LogP contribution is -2.15. The van der Waals surface area contributed by atoms with Gasteiger partial charge in [-0.25, -0.2) is 0 Å². The number of hydrogen-bond donors (Lipinski definition) is 1. The van der Waals surface area contributed by atoms with Gasteiger partial charge >= 0.3 is 0 Å². The smallest absolute Gasteiger partial charge is 0.124 e. The standard InChI is InChI=1S/C9H19NO/c1-2-3-4-5-6-9(7-10)8-11/h8-9H,2-7,10H2,1H3. The number of carbonyl (C=O) groups is 1. The summed E-state index contributed by atoms with van der Waals surface area (Å²) in [5.41, 5.74) is 5.37. The van der Waals surface area contributed by atoms with Crippen molar-refractivity contribution in [2.75, 3.05) is 6.54 Å². The van der Waals surface area contributed by atoms with Gasteiger partial charge in [-0.3, -0.25) is 0 Å². The van der Waals surface area contributed by atoms with Crippen LogP contribution in [0.25, 0.3) is 0 Å². The normalized spacial score (nSPS) is 12.9. The van der Waals surface area contributed by atoms with Crippen molar-refractivity contribution in [3.05, 3.63) is 0 Å². The van der Waals surface area contributed by atoms with Crippen molar-refractivity contribution >= 4 is 6.29 Å². The molecule has 0 fully saturated rings. The van der Waals surface area contributed by atoms with Crippen LogP contribution in [0.15, 0.2) is 0 Å². The first-order valence-electron chi connectivity index (χ1n) is 4.50. The van der Waals surface area contributed by atoms with Gasteiger partial charge in [0.25, 0.3) is 0 Å². The molecule has 2 heteroatoms. The van der Waals surface area contributed by atoms with Crippen LogP contribution < -0.4 is 5.73 Å². The number of hydrogen-bond acceptors (Lipinski definition) is 2. The topological polar surface area (TPSA) is 43.1 Å². The molecular formula is C9H19NO. The van der Waals surface area contributed by atoms with Crippen LogP contribution in [-0.2, 0) is 4.79 Å². The highest BCUT2D eigenvalue weighted by Gasteiger charge is 2.02. The third-order valence-corrected chi connectivity index (χ3v) is 1.92. The maximum absolute atomic E-state index is 10.3. The molecule has 0 rings (SSSR count). The van der Waals surface area contributed by atoms with Crippen LogP contribution in [0.5, 0.6) is 0 Å². The Morgan fingerprint density at radius 2 is 2.09 bits per heavy atom. The summed E-state index contributed by atoms with van der Waals surface area (Å²) in [6.07, 6.45) is 6.85. The van der Waals surface area contributed by atoms with Gasteiger partial charge in [-0.05, 0) is 6.42 Å². The number of unbranched alkanes of at least 4 members (excludes halogenated alkanes) is 3. The Labute approximate surface area is 69.2 Å². The minimum Gasteiger partial charge on any atom is -0.330 e. The van der Waals surface area contributed by atoms with Gasteiger partial charge in [-0.2, -0.15) is 0 Å². The molecule has 0 bridgehead atoms. The van der Waals surface area contributed by atoms with Gasteiger partial charge < -0.3 is 10.5 Å². The highest BCUT2D eigenvalue weighted by Crippen LogP contribution is 2.07. The molecule has 0 saturated carbocycles. The van der Waals surface area contributed by atoms with E-state index >= 15 is 0 Å². The fourth-order valence-electron chi connectivity index (χ4n) is 1.07. The first-order chi connectivity index (χ1) is 5.35. The second-order valence-electron chi connectivity index (χ2n) is 2.98. The molecule has 0 aromatic heterocycles. The molecule has 0 aromatic rings. The van der Waals surface area contributed by atoms with Gasteiger partial charge in [0.15, 0.2) is 0 Å². The Morgan fingerprint density at radius 1 is 1.36 bits per heavy atom. The molecule has 0 aliphatic heterocycles. The molecule has 66 valence electrons. The molecule has 0 radical (unpaired) electrons. The zero-order chi connectivity index (χ0) is 8.53. The maximum Gasteiger partial charge on any atom is 0.124 e. The first-order valence-corrected chi connectivity index (χ1v) is 4.50. The van der Waals surface area contributed by atoms with Gasteiger partial charge in [-0.15, -0.1) is 0 Å². The average Bonchev–Trinajstić information content (AvgIpc) is 2.05. The van der Waals surface area contributed by atoms with Gasteiger partial charge in [-0.1, -0.05) is 32.6 Å². The molecule has 2 N–H and O–H groups in total. The largest absolute Gasteiger partial charge is 0.330 e. The van der Waals surface area contributed by atoms with E-state index in [-0.39, 0.29) is 5.92 Å². The third kappa shape index (κ3) is 6.05. The van der Waals surface area contributed by atoms with Crippen molar-refractivity contribution < 1.29 is 4.79 Å². The summed E-state index contributed by atoms with van der Waals surface area (Å²) >= 11 is 0. The summed E-state index contributed by atoms with van der Waals surface area (Å²) in [6, 6.07) is 0. The van der Waals surface area contributed by atoms with Crippen LogP contribution in [0, 0.1) is 5.92 Å². The van der Waals surface area contributed by atoms with E-state index in [0.717, 1.165) is 19.1 Å². The van der Waals surface area contributed by atoms with E-state index in [0.29, 0.717) is 6.54 Å². The summed E-state index contributed by atoms with van der Waals surface area (Å²) in [7, 11) is 0. The summed E-state index contributed by atoms with van der Waals surface area (Å²) in [5.74, 6) is 0.104. The number of nitrogens with two attached hydrogens (primary N) is 1. The highest BCUT2D eigenvalue weighted by molar-refractivity contribution is 5.53. The van der Waals surface area contributed by atoms with E-state index in [1.807, 2.05) is 0 Å². The van der Waals surface area contributed by atoms with Crippen LogP contribution in [-0.4, -0.2) is 12.8 Å². The first kappa shape index (κ1) is 10.6. The van der Waals surface area contributed by atoms with E-state index in [2.05, 4.69) is 6.92 Å². The predicted molar refractivity (Wildman–Crippen MR) is 47.4 cm³/mol. The van der Waals surface area contributed by atoms with E-state index in [1.54, 1.807) is 0 Å². The lowest BCUT2D eigenvalue weighted by atomic mass is 10.0. The Balaban J connectivity index is 3.14. The molecule has 0 heterocycles. The second-order valence-corrected chi connectivity index (χ2v) is 2.98. The van der Waals surface area contributed by atoms with Crippen molar-refractivity contribution in [1.82, 2.24) is 0 Å². The zero-order valence-electron chi connectivity index (χ0n) is 7.38. The average molecular weight is 157 g/mol. The third-order valence-electron chi connectivity index (χ3n) is 1.92. The van der Waals surface area contributed by atoms with Crippen molar-refractivity contribution in [3.8, 4) is 0 Å². The molecule has 0 aliphatic carbocycles. The fourth-order valence-corrected chi connectivity index (χ4v) is 1.07. The summed E-state index contributed by atoms with van der Waals surface area (Å²) < 4.78 is 0. The van der Waals surface area contributed by atoms with Crippen LogP contribution in [0.1, 0.15) is 39.0 Å². The molecule has 1 unspecified atom stereocenters. The van der Waals surface area contributed by atoms with Gasteiger partial charge in [0, 0.05) is 12.5 Å². The van der Waals surface area contributed by atoms with Crippen LogP contribution >= 0.6 is 0 Å². The van der Waals surface area contributed by atoms with Crippen molar-refractivity contribution in [2.45, 2.75) is 39.0 Å². The minimum absolute atomic E-state index is 0.104. The van der Waals surface area contributed by atoms with Gasteiger partial charge in [0.1, 0.15) is 6.29 Å². The number of rotatable bonds is 7. The molecule has 0 aromatic carbocycles. The van der Waals surface area contributed by atoms with E-state index in [4.69, 9.17) is 5.73 Å². The van der Waals surface area contributed by atoms with Gasteiger partial charge in [0.05, 0.1) is 0 Å². The van der Waals surface area contributed by atoms with Crippen molar-refractivity contribution in [2.24, 2.45) is 11.7 Å². The molecule has 0 saturated heterocycles. The molecule has 0 amide bonds. The van der Waals surface area contributed by atoms with E-state index in [9.17, 15) is 4.79 Å². The quantitative estimate of drug-likeness (QED) is 0.452. The zero-order valence-corrected chi connectivity index (χ0v) is 7.38. The Morgan fingerprint density at radius 3 is 2.55 bits per heavy atom. The van der Waals surface area contributed by atoms with Crippen molar-refractivity contribution in [1.29, 1.82) is 0 Å². The molecular weight excluding hydrogens is 138 g/mol. The second kappa shape index (κ2) is 7.73. The minimum atomic E-state index is 0.104. The Kier molecular flexibility index (Phi) is 7.47. The Hall–Kier alpha value is -0.370. The molecule has 0 spiro atoms. The molecule has 1 atom stereocenters. The van der Waals surface area contributed by atoms with Crippen LogP contribution in [0.4, 0.5) is 0 Å². The predicted octanol–water partition coefficient (Wildman–Crippen LogP) is 1.73. The fraction of sp³-hybridized carbons (Fsp3) is 0.889. The number of aldehydes is 1. The number of carbonyl (C=O) groups excluding carboxylic acids is 1. The molecule has 11 heavy (non-hydrogen) atoms. The van der Waals surface area contributed by atoms with Crippen molar-refractivity contribution in [3.63, 3.8) is 0 Å². The van der Waals surface area contributed by atoms with E-state index in [1.165, 1.54) is 19.3 Å². The SMILES string of the molecule is CCCCCCC(C=O)CN. The van der Waals surface area contributed by atoms with E-state index < -0.39 is 0 Å². The summed E-state index contributed by atoms with van der Waals surface area (Å²) in [6.45, 7) is 2.69. The summed E-state index contributed by atoms with van der Waals surface area (Å²) in [5, 5.41) is 0. The van der Waals surface area contributed by atoms with Crippen LogP contribution in [0.2, 0.25) is 0 Å². The lowest BCUT2D eigenvalue weighted by Gasteiger charge is -2.05. The monoisotopic (exact) mass is 157 g/mol. The molecule has 2 nitrogen and oxygen atoms in total. The molecule has 0 aliphatic rings. The summed E-state index contributed by atoms with van der Waals surface area (Å²) in [4.78, 5) is 10.3. The highest BCUT2D eigenvalue weighted by atomic mass is 16.1. The lowest BCUT2D eigenvalue weighted by molar-refractivity contribution is -0.111. The Bertz CT molecular complexity index is 93.6. The maximum atomic E-state index is 10.3.